The van der Waals surface area contributed by atoms with Gasteiger partial charge in [-0.05, 0) is 19.9 Å². The van der Waals surface area contributed by atoms with E-state index in [1.54, 1.807) is 36.8 Å². The molecule has 104 valence electrons. The molecule has 0 radical (unpaired) electrons. The van der Waals surface area contributed by atoms with Gasteiger partial charge >= 0.3 is 0 Å². The van der Waals surface area contributed by atoms with E-state index >= 15 is 0 Å². The zero-order valence-electron chi connectivity index (χ0n) is 11.5. The van der Waals surface area contributed by atoms with E-state index < -0.39 is 5.54 Å². The van der Waals surface area contributed by atoms with E-state index in [-0.39, 0.29) is 18.4 Å². The van der Waals surface area contributed by atoms with E-state index in [9.17, 15) is 9.59 Å². The Morgan fingerprint density at radius 3 is 2.74 bits per heavy atom. The highest BCUT2D eigenvalue weighted by molar-refractivity contribution is 5.99. The van der Waals surface area contributed by atoms with Crippen LogP contribution in [0.5, 0.6) is 0 Å². The van der Waals surface area contributed by atoms with Crippen molar-refractivity contribution in [2.75, 3.05) is 20.1 Å². The molecule has 1 aliphatic heterocycles. The maximum Gasteiger partial charge on any atom is 0.258 e. The number of carbonyl (C=O) groups is 2. The second-order valence-electron chi connectivity index (χ2n) is 5.25. The number of furan rings is 1. The van der Waals surface area contributed by atoms with Gasteiger partial charge in [0.25, 0.3) is 5.91 Å². The Balaban J connectivity index is 2.25. The molecule has 1 aliphatic rings. The molecule has 19 heavy (non-hydrogen) atoms. The predicted molar refractivity (Wildman–Crippen MR) is 69.4 cm³/mol. The molecule has 1 saturated heterocycles. The third-order valence-corrected chi connectivity index (χ3v) is 3.55. The minimum absolute atomic E-state index is 0.0605. The van der Waals surface area contributed by atoms with Gasteiger partial charge < -0.3 is 20.0 Å². The Morgan fingerprint density at radius 2 is 2.16 bits per heavy atom. The summed E-state index contributed by atoms with van der Waals surface area (Å²) in [5.41, 5.74) is 5.05. The summed E-state index contributed by atoms with van der Waals surface area (Å²) in [5, 5.41) is 0. The molecule has 1 aromatic rings. The Morgan fingerprint density at radius 1 is 1.47 bits per heavy atom. The largest absolute Gasteiger partial charge is 0.467 e. The first kappa shape index (κ1) is 13.6. The summed E-state index contributed by atoms with van der Waals surface area (Å²) in [6, 6.07) is 1.63. The number of carbonyl (C=O) groups excluding carboxylic acids is 2. The van der Waals surface area contributed by atoms with Crippen LogP contribution in [0.2, 0.25) is 0 Å². The Kier molecular flexibility index (Phi) is 3.36. The zero-order chi connectivity index (χ0) is 14.2. The molecule has 2 rings (SSSR count). The van der Waals surface area contributed by atoms with Crippen LogP contribution in [-0.4, -0.2) is 47.3 Å². The summed E-state index contributed by atoms with van der Waals surface area (Å²) in [6.45, 7) is 4.81. The van der Waals surface area contributed by atoms with Crippen LogP contribution in [0.1, 0.15) is 30.0 Å². The molecular weight excluding hydrogens is 246 g/mol. The van der Waals surface area contributed by atoms with Crippen LogP contribution in [0, 0.1) is 0 Å². The van der Waals surface area contributed by atoms with Crippen molar-refractivity contribution >= 4 is 11.8 Å². The first-order valence-corrected chi connectivity index (χ1v) is 6.23. The van der Waals surface area contributed by atoms with Crippen molar-refractivity contribution < 1.29 is 14.0 Å². The average molecular weight is 265 g/mol. The summed E-state index contributed by atoms with van der Waals surface area (Å²) in [5.74, 6) is 0.297. The van der Waals surface area contributed by atoms with E-state index in [0.717, 1.165) is 0 Å². The SMILES string of the molecule is CN1CCN(C(=O)c2coc(CN)c2)C(C)(C)C1=O. The number of rotatable bonds is 2. The third-order valence-electron chi connectivity index (χ3n) is 3.55. The van der Waals surface area contributed by atoms with Crippen LogP contribution in [0.4, 0.5) is 0 Å². The molecular formula is C13H19N3O3. The fourth-order valence-corrected chi connectivity index (χ4v) is 2.32. The van der Waals surface area contributed by atoms with Gasteiger partial charge in [-0.2, -0.15) is 0 Å². The Hall–Kier alpha value is -1.82. The Labute approximate surface area is 112 Å². The molecule has 2 heterocycles. The van der Waals surface area contributed by atoms with Crippen molar-refractivity contribution in [3.05, 3.63) is 23.7 Å². The first-order chi connectivity index (χ1) is 8.87. The molecule has 1 aromatic heterocycles. The van der Waals surface area contributed by atoms with Gasteiger partial charge in [-0.3, -0.25) is 9.59 Å². The van der Waals surface area contributed by atoms with Crippen molar-refractivity contribution in [1.82, 2.24) is 9.80 Å². The molecule has 0 spiro atoms. The average Bonchev–Trinajstić information content (AvgIpc) is 2.84. The summed E-state index contributed by atoms with van der Waals surface area (Å²) in [7, 11) is 1.75. The van der Waals surface area contributed by atoms with E-state index in [1.807, 2.05) is 0 Å². The number of amides is 2. The second kappa shape index (κ2) is 4.70. The molecule has 1 fully saturated rings. The minimum Gasteiger partial charge on any atom is -0.467 e. The zero-order valence-corrected chi connectivity index (χ0v) is 11.5. The van der Waals surface area contributed by atoms with Gasteiger partial charge in [-0.1, -0.05) is 0 Å². The molecule has 0 aromatic carbocycles. The summed E-state index contributed by atoms with van der Waals surface area (Å²) in [6.07, 6.45) is 1.39. The van der Waals surface area contributed by atoms with Crippen molar-refractivity contribution in [1.29, 1.82) is 0 Å². The number of likely N-dealkylation sites (N-methyl/N-ethyl adjacent to an activating group) is 1. The van der Waals surface area contributed by atoms with Gasteiger partial charge in [0.2, 0.25) is 5.91 Å². The lowest BCUT2D eigenvalue weighted by Crippen LogP contribution is -2.63. The van der Waals surface area contributed by atoms with E-state index in [1.165, 1.54) is 6.26 Å². The van der Waals surface area contributed by atoms with Crippen molar-refractivity contribution in [3.63, 3.8) is 0 Å². The highest BCUT2D eigenvalue weighted by atomic mass is 16.3. The Bertz CT molecular complexity index is 507. The van der Waals surface area contributed by atoms with Crippen LogP contribution in [-0.2, 0) is 11.3 Å². The van der Waals surface area contributed by atoms with Crippen LogP contribution in [0.15, 0.2) is 16.7 Å². The molecule has 2 N–H and O–H groups in total. The highest BCUT2D eigenvalue weighted by Gasteiger charge is 2.43. The van der Waals surface area contributed by atoms with E-state index in [2.05, 4.69) is 0 Å². The van der Waals surface area contributed by atoms with Gasteiger partial charge in [-0.15, -0.1) is 0 Å². The standard InChI is InChI=1S/C13H19N3O3/c1-13(2)12(18)15(3)4-5-16(13)11(17)9-6-10(7-14)19-8-9/h6,8H,4-5,7,14H2,1-3H3. The number of nitrogens with zero attached hydrogens (tertiary/aromatic N) is 2. The van der Waals surface area contributed by atoms with Crippen molar-refractivity contribution in [2.45, 2.75) is 25.9 Å². The molecule has 6 heteroatoms. The monoisotopic (exact) mass is 265 g/mol. The molecule has 0 aliphatic carbocycles. The van der Waals surface area contributed by atoms with Gasteiger partial charge in [0.15, 0.2) is 0 Å². The van der Waals surface area contributed by atoms with E-state index in [0.29, 0.717) is 24.4 Å². The molecule has 2 amide bonds. The second-order valence-corrected chi connectivity index (χ2v) is 5.25. The fourth-order valence-electron chi connectivity index (χ4n) is 2.32. The van der Waals surface area contributed by atoms with Gasteiger partial charge in [0, 0.05) is 20.1 Å². The topological polar surface area (TPSA) is 79.8 Å². The number of hydrogen-bond acceptors (Lipinski definition) is 4. The number of piperazine rings is 1. The van der Waals surface area contributed by atoms with Crippen molar-refractivity contribution in [3.8, 4) is 0 Å². The minimum atomic E-state index is -0.843. The van der Waals surface area contributed by atoms with Crippen LogP contribution < -0.4 is 5.73 Å². The van der Waals surface area contributed by atoms with Crippen molar-refractivity contribution in [2.24, 2.45) is 5.73 Å². The first-order valence-electron chi connectivity index (χ1n) is 6.23. The lowest BCUT2D eigenvalue weighted by molar-refractivity contribution is -0.144. The molecule has 6 nitrogen and oxygen atoms in total. The van der Waals surface area contributed by atoms with E-state index in [4.69, 9.17) is 10.2 Å². The van der Waals surface area contributed by atoms with Crippen LogP contribution in [0.25, 0.3) is 0 Å². The molecule has 0 bridgehead atoms. The highest BCUT2D eigenvalue weighted by Crippen LogP contribution is 2.24. The molecule has 0 atom stereocenters. The van der Waals surface area contributed by atoms with Crippen LogP contribution in [0.3, 0.4) is 0 Å². The normalized spacial score (nSPS) is 18.8. The lowest BCUT2D eigenvalue weighted by Gasteiger charge is -2.44. The number of hydrogen-bond donors (Lipinski definition) is 1. The fraction of sp³-hybridized carbons (Fsp3) is 0.538. The summed E-state index contributed by atoms with van der Waals surface area (Å²) < 4.78 is 5.17. The third kappa shape index (κ3) is 2.23. The summed E-state index contributed by atoms with van der Waals surface area (Å²) >= 11 is 0. The molecule has 0 saturated carbocycles. The quantitative estimate of drug-likeness (QED) is 0.841. The van der Waals surface area contributed by atoms with Gasteiger partial charge in [0.05, 0.1) is 12.1 Å². The number of nitrogens with two attached hydrogens (primary N) is 1. The smallest absolute Gasteiger partial charge is 0.258 e. The predicted octanol–water partition coefficient (Wildman–Crippen LogP) is 0.431. The van der Waals surface area contributed by atoms with Gasteiger partial charge in [-0.25, -0.2) is 0 Å². The van der Waals surface area contributed by atoms with Gasteiger partial charge in [0.1, 0.15) is 17.6 Å². The molecule has 0 unspecified atom stereocenters. The van der Waals surface area contributed by atoms with Crippen LogP contribution >= 0.6 is 0 Å². The maximum absolute atomic E-state index is 12.5. The maximum atomic E-state index is 12.5. The summed E-state index contributed by atoms with van der Waals surface area (Å²) in [4.78, 5) is 27.8. The lowest BCUT2D eigenvalue weighted by atomic mass is 9.97.